The summed E-state index contributed by atoms with van der Waals surface area (Å²) in [6, 6.07) is 7.44. The molecule has 0 fully saturated rings. The molecule has 4 nitrogen and oxygen atoms in total. The monoisotopic (exact) mass is 236 g/mol. The third kappa shape index (κ3) is 2.97. The molecule has 0 saturated heterocycles. The molecular weight excluding hydrogens is 216 g/mol. The number of nitrogens with zero attached hydrogens (tertiary/aromatic N) is 1. The van der Waals surface area contributed by atoms with E-state index in [0.29, 0.717) is 0 Å². The van der Waals surface area contributed by atoms with Crippen molar-refractivity contribution in [1.29, 1.82) is 0 Å². The van der Waals surface area contributed by atoms with Gasteiger partial charge in [0.25, 0.3) is 0 Å². The summed E-state index contributed by atoms with van der Waals surface area (Å²) in [5.41, 5.74) is 0.232. The van der Waals surface area contributed by atoms with Crippen molar-refractivity contribution in [3.8, 4) is 5.75 Å². The smallest absolute Gasteiger partial charge is 0.246 e. The lowest BCUT2D eigenvalue weighted by atomic mass is 10.0. The molecule has 0 aromatic heterocycles. The van der Waals surface area contributed by atoms with E-state index in [-0.39, 0.29) is 5.91 Å². The molecule has 0 aliphatic heterocycles. The summed E-state index contributed by atoms with van der Waals surface area (Å²) in [6.07, 6.45) is 0. The van der Waals surface area contributed by atoms with Gasteiger partial charge in [0, 0.05) is 18.8 Å². The lowest BCUT2D eigenvalue weighted by molar-refractivity contribution is -0.123. The van der Waals surface area contributed by atoms with Crippen LogP contribution in [0.2, 0.25) is 0 Å². The van der Waals surface area contributed by atoms with Gasteiger partial charge in [-0.25, -0.2) is 0 Å². The highest BCUT2D eigenvalue weighted by molar-refractivity contribution is 5.99. The number of hydrogen-bond acceptors (Lipinski definition) is 3. The zero-order valence-corrected chi connectivity index (χ0v) is 11.1. The molecule has 0 spiro atoms. The number of amides is 1. The average molecular weight is 236 g/mol. The first kappa shape index (κ1) is 13.5. The second-order valence-electron chi connectivity index (χ2n) is 4.44. The summed E-state index contributed by atoms with van der Waals surface area (Å²) >= 11 is 0. The van der Waals surface area contributed by atoms with E-state index in [2.05, 4.69) is 5.32 Å². The Morgan fingerprint density at radius 1 is 1.41 bits per heavy atom. The van der Waals surface area contributed by atoms with Gasteiger partial charge in [0.15, 0.2) is 0 Å². The van der Waals surface area contributed by atoms with Gasteiger partial charge < -0.3 is 15.0 Å². The van der Waals surface area contributed by atoms with Gasteiger partial charge in [-0.05, 0) is 33.0 Å². The van der Waals surface area contributed by atoms with Gasteiger partial charge in [0.05, 0.1) is 12.6 Å². The van der Waals surface area contributed by atoms with Crippen molar-refractivity contribution in [3.63, 3.8) is 0 Å². The van der Waals surface area contributed by atoms with Crippen molar-refractivity contribution in [2.45, 2.75) is 19.4 Å². The Kier molecular flexibility index (Phi) is 4.12. The summed E-state index contributed by atoms with van der Waals surface area (Å²) in [4.78, 5) is 13.8. The Hall–Kier alpha value is -1.55. The summed E-state index contributed by atoms with van der Waals surface area (Å²) < 4.78 is 5.14. The molecule has 94 valence electrons. The average Bonchev–Trinajstić information content (AvgIpc) is 2.37. The number of methoxy groups -OCH3 is 1. The Morgan fingerprint density at radius 3 is 2.59 bits per heavy atom. The molecule has 0 bridgehead atoms. The molecule has 0 radical (unpaired) electrons. The number of anilines is 1. The number of rotatable bonds is 4. The standard InChI is InChI=1S/C13H20N2O2/c1-13(2,14-3)12(16)15(4)10-7-6-8-11(9-10)17-5/h6-9,14H,1-5H3. The number of benzene rings is 1. The first-order chi connectivity index (χ1) is 7.92. The maximum atomic E-state index is 12.2. The summed E-state index contributed by atoms with van der Waals surface area (Å²) in [6.45, 7) is 3.71. The first-order valence-electron chi connectivity index (χ1n) is 5.53. The topological polar surface area (TPSA) is 41.6 Å². The molecule has 1 rings (SSSR count). The van der Waals surface area contributed by atoms with Gasteiger partial charge >= 0.3 is 0 Å². The minimum atomic E-state index is -0.585. The van der Waals surface area contributed by atoms with Crippen molar-refractivity contribution in [2.75, 3.05) is 26.1 Å². The first-order valence-corrected chi connectivity index (χ1v) is 5.53. The summed E-state index contributed by atoms with van der Waals surface area (Å²) in [5, 5.41) is 3.00. The molecule has 1 amide bonds. The minimum Gasteiger partial charge on any atom is -0.497 e. The zero-order chi connectivity index (χ0) is 13.1. The fraction of sp³-hybridized carbons (Fsp3) is 0.462. The largest absolute Gasteiger partial charge is 0.497 e. The van der Waals surface area contributed by atoms with Gasteiger partial charge in [0.1, 0.15) is 5.75 Å². The van der Waals surface area contributed by atoms with Crippen LogP contribution in [0.25, 0.3) is 0 Å². The van der Waals surface area contributed by atoms with Crippen LogP contribution in [0, 0.1) is 0 Å². The molecule has 0 atom stereocenters. The van der Waals surface area contributed by atoms with E-state index in [1.54, 1.807) is 26.1 Å². The normalized spacial score (nSPS) is 11.1. The quantitative estimate of drug-likeness (QED) is 0.864. The van der Waals surface area contributed by atoms with Crippen LogP contribution in [-0.4, -0.2) is 32.7 Å². The zero-order valence-electron chi connectivity index (χ0n) is 11.1. The summed E-state index contributed by atoms with van der Waals surface area (Å²) in [5.74, 6) is 0.748. The number of hydrogen-bond donors (Lipinski definition) is 1. The van der Waals surface area contributed by atoms with Crippen molar-refractivity contribution < 1.29 is 9.53 Å². The van der Waals surface area contributed by atoms with Crippen LogP contribution in [0.4, 0.5) is 5.69 Å². The summed E-state index contributed by atoms with van der Waals surface area (Å²) in [7, 11) is 5.14. The SMILES string of the molecule is CNC(C)(C)C(=O)N(C)c1cccc(OC)c1. The second kappa shape index (κ2) is 5.19. The van der Waals surface area contributed by atoms with E-state index in [4.69, 9.17) is 4.74 Å². The van der Waals surface area contributed by atoms with Crippen molar-refractivity contribution in [3.05, 3.63) is 24.3 Å². The third-order valence-corrected chi connectivity index (χ3v) is 2.90. The number of ether oxygens (including phenoxy) is 1. The van der Waals surface area contributed by atoms with Crippen LogP contribution in [0.15, 0.2) is 24.3 Å². The maximum Gasteiger partial charge on any atom is 0.246 e. The number of carbonyl (C=O) groups is 1. The molecule has 0 saturated carbocycles. The highest BCUT2D eigenvalue weighted by Crippen LogP contribution is 2.21. The van der Waals surface area contributed by atoms with Crippen LogP contribution >= 0.6 is 0 Å². The Balaban J connectivity index is 2.96. The molecule has 0 heterocycles. The fourth-order valence-electron chi connectivity index (χ4n) is 1.46. The fourth-order valence-corrected chi connectivity index (χ4v) is 1.46. The van der Waals surface area contributed by atoms with E-state index in [1.807, 2.05) is 38.1 Å². The number of nitrogens with one attached hydrogen (secondary N) is 1. The van der Waals surface area contributed by atoms with Crippen LogP contribution in [-0.2, 0) is 4.79 Å². The predicted octanol–water partition coefficient (Wildman–Crippen LogP) is 1.66. The second-order valence-corrected chi connectivity index (χ2v) is 4.44. The van der Waals surface area contributed by atoms with Crippen LogP contribution < -0.4 is 15.0 Å². The van der Waals surface area contributed by atoms with Gasteiger partial charge in [-0.1, -0.05) is 6.07 Å². The highest BCUT2D eigenvalue weighted by atomic mass is 16.5. The Labute approximate surface area is 103 Å². The highest BCUT2D eigenvalue weighted by Gasteiger charge is 2.29. The molecule has 0 aliphatic rings. The molecule has 1 aromatic rings. The van der Waals surface area contributed by atoms with Crippen LogP contribution in [0.5, 0.6) is 5.75 Å². The molecule has 1 aromatic carbocycles. The van der Waals surface area contributed by atoms with E-state index in [9.17, 15) is 4.79 Å². The van der Waals surface area contributed by atoms with Crippen LogP contribution in [0.3, 0.4) is 0 Å². The predicted molar refractivity (Wildman–Crippen MR) is 69.5 cm³/mol. The van der Waals surface area contributed by atoms with Gasteiger partial charge in [-0.3, -0.25) is 4.79 Å². The van der Waals surface area contributed by atoms with E-state index < -0.39 is 5.54 Å². The lowest BCUT2D eigenvalue weighted by Gasteiger charge is -2.29. The third-order valence-electron chi connectivity index (χ3n) is 2.90. The van der Waals surface area contributed by atoms with Crippen molar-refractivity contribution in [2.24, 2.45) is 0 Å². The lowest BCUT2D eigenvalue weighted by Crippen LogP contribution is -2.51. The molecular formula is C13H20N2O2. The van der Waals surface area contributed by atoms with E-state index >= 15 is 0 Å². The van der Waals surface area contributed by atoms with E-state index in [0.717, 1.165) is 11.4 Å². The van der Waals surface area contributed by atoms with Gasteiger partial charge in [-0.2, -0.15) is 0 Å². The number of carbonyl (C=O) groups excluding carboxylic acids is 1. The van der Waals surface area contributed by atoms with E-state index in [1.165, 1.54) is 0 Å². The van der Waals surface area contributed by atoms with Crippen molar-refractivity contribution >= 4 is 11.6 Å². The van der Waals surface area contributed by atoms with Crippen molar-refractivity contribution in [1.82, 2.24) is 5.32 Å². The van der Waals surface area contributed by atoms with Gasteiger partial charge in [-0.15, -0.1) is 0 Å². The van der Waals surface area contributed by atoms with Crippen LogP contribution in [0.1, 0.15) is 13.8 Å². The molecule has 1 N–H and O–H groups in total. The minimum absolute atomic E-state index is 0.00764. The maximum absolute atomic E-state index is 12.2. The molecule has 4 heteroatoms. The molecule has 0 unspecified atom stereocenters. The molecule has 0 aliphatic carbocycles. The van der Waals surface area contributed by atoms with Gasteiger partial charge in [0.2, 0.25) is 5.91 Å². The Bertz CT molecular complexity index is 402. The molecule has 17 heavy (non-hydrogen) atoms. The number of likely N-dealkylation sites (N-methyl/N-ethyl adjacent to an activating group) is 2. The Morgan fingerprint density at radius 2 is 2.06 bits per heavy atom.